The van der Waals surface area contributed by atoms with Crippen molar-refractivity contribution in [2.75, 3.05) is 26.3 Å². The van der Waals surface area contributed by atoms with Gasteiger partial charge in [0, 0.05) is 6.61 Å². The van der Waals surface area contributed by atoms with E-state index >= 15 is 0 Å². The van der Waals surface area contributed by atoms with E-state index in [4.69, 9.17) is 16.3 Å². The summed E-state index contributed by atoms with van der Waals surface area (Å²) >= 11 is 0. The minimum absolute atomic E-state index is 0.0294. The molecule has 0 aromatic rings. The molecule has 0 aliphatic carbocycles. The molecule has 1 unspecified atom stereocenters. The summed E-state index contributed by atoms with van der Waals surface area (Å²) in [5.41, 5.74) is 0. The van der Waals surface area contributed by atoms with Crippen molar-refractivity contribution in [3.05, 3.63) is 0 Å². The molecular weight excluding hydrogens is 210 g/mol. The largest absolute Gasteiger partial charge is 0.480 e. The van der Waals surface area contributed by atoms with Crippen LogP contribution in [-0.4, -0.2) is 48.2 Å². The van der Waals surface area contributed by atoms with E-state index in [2.05, 4.69) is 5.92 Å². The first kappa shape index (κ1) is 12.5. The molecule has 88 valence electrons. The van der Waals surface area contributed by atoms with Gasteiger partial charge < -0.3 is 14.7 Å². The minimum atomic E-state index is -1.06. The van der Waals surface area contributed by atoms with Crippen molar-refractivity contribution in [1.29, 1.82) is 0 Å². The highest BCUT2D eigenvalue weighted by molar-refractivity contribution is 5.83. The zero-order chi connectivity index (χ0) is 12.0. The van der Waals surface area contributed by atoms with Crippen LogP contribution in [0.2, 0.25) is 0 Å². The number of rotatable bonds is 4. The van der Waals surface area contributed by atoms with E-state index in [1.54, 1.807) is 0 Å². The molecule has 1 atom stereocenters. The summed E-state index contributed by atoms with van der Waals surface area (Å²) in [5.74, 6) is 0.768. The predicted octanol–water partition coefficient (Wildman–Crippen LogP) is -0.0406. The highest BCUT2D eigenvalue weighted by Gasteiger charge is 2.27. The van der Waals surface area contributed by atoms with Gasteiger partial charge in [-0.15, -0.1) is 6.42 Å². The third kappa shape index (κ3) is 3.55. The van der Waals surface area contributed by atoms with Crippen molar-refractivity contribution in [2.45, 2.75) is 12.8 Å². The second kappa shape index (κ2) is 6.13. The molecule has 1 saturated heterocycles. The van der Waals surface area contributed by atoms with E-state index in [-0.39, 0.29) is 24.9 Å². The predicted molar refractivity (Wildman–Crippen MR) is 56.6 cm³/mol. The van der Waals surface area contributed by atoms with Gasteiger partial charge in [-0.2, -0.15) is 0 Å². The second-order valence-electron chi connectivity index (χ2n) is 3.71. The van der Waals surface area contributed by atoms with E-state index in [1.807, 2.05) is 0 Å². The fourth-order valence-corrected chi connectivity index (χ4v) is 1.68. The maximum Gasteiger partial charge on any atom is 0.323 e. The van der Waals surface area contributed by atoms with Crippen LogP contribution >= 0.6 is 0 Å². The van der Waals surface area contributed by atoms with Crippen molar-refractivity contribution in [1.82, 2.24) is 4.90 Å². The number of carboxylic acids is 1. The number of hydrogen-bond donors (Lipinski definition) is 1. The second-order valence-corrected chi connectivity index (χ2v) is 3.71. The van der Waals surface area contributed by atoms with Crippen LogP contribution in [-0.2, 0) is 14.3 Å². The Bertz CT molecular complexity index is 302. The molecule has 0 saturated carbocycles. The zero-order valence-electron chi connectivity index (χ0n) is 9.02. The van der Waals surface area contributed by atoms with Crippen LogP contribution in [0.1, 0.15) is 12.8 Å². The first-order valence-electron chi connectivity index (χ1n) is 5.17. The number of aliphatic carboxylic acids is 1. The number of nitrogens with zero attached hydrogens (tertiary/aromatic N) is 1. The molecule has 1 N–H and O–H groups in total. The molecule has 1 amide bonds. The van der Waals surface area contributed by atoms with Gasteiger partial charge in [-0.3, -0.25) is 9.59 Å². The molecule has 0 spiro atoms. The average molecular weight is 225 g/mol. The Kier molecular flexibility index (Phi) is 4.80. The Hall–Kier alpha value is -1.54. The highest BCUT2D eigenvalue weighted by Crippen LogP contribution is 2.16. The molecule has 5 nitrogen and oxygen atoms in total. The van der Waals surface area contributed by atoms with Gasteiger partial charge in [-0.05, 0) is 12.8 Å². The van der Waals surface area contributed by atoms with Gasteiger partial charge in [-0.1, -0.05) is 5.92 Å². The molecule has 16 heavy (non-hydrogen) atoms. The van der Waals surface area contributed by atoms with Crippen molar-refractivity contribution < 1.29 is 19.4 Å². The Morgan fingerprint density at radius 1 is 1.56 bits per heavy atom. The number of amides is 1. The number of carboxylic acid groups (broad SMARTS) is 1. The fraction of sp³-hybridized carbons (Fsp3) is 0.636. The van der Waals surface area contributed by atoms with Crippen LogP contribution in [0.3, 0.4) is 0 Å². The molecule has 1 fully saturated rings. The van der Waals surface area contributed by atoms with Gasteiger partial charge in [-0.25, -0.2) is 0 Å². The molecule has 0 bridgehead atoms. The number of hydrogen-bond acceptors (Lipinski definition) is 3. The lowest BCUT2D eigenvalue weighted by atomic mass is 10.0. The number of carbonyl (C=O) groups is 2. The topological polar surface area (TPSA) is 66.8 Å². The Morgan fingerprint density at radius 2 is 2.31 bits per heavy atom. The fourth-order valence-electron chi connectivity index (χ4n) is 1.68. The van der Waals surface area contributed by atoms with E-state index in [0.29, 0.717) is 13.2 Å². The SMILES string of the molecule is C#CCN(CC(=O)O)C(=O)C1CCCOC1. The van der Waals surface area contributed by atoms with E-state index in [9.17, 15) is 9.59 Å². The van der Waals surface area contributed by atoms with Crippen LogP contribution in [0.4, 0.5) is 0 Å². The summed E-state index contributed by atoms with van der Waals surface area (Å²) in [6.07, 6.45) is 6.67. The van der Waals surface area contributed by atoms with Gasteiger partial charge in [0.2, 0.25) is 5.91 Å². The van der Waals surface area contributed by atoms with Crippen LogP contribution in [0, 0.1) is 18.3 Å². The third-order valence-electron chi connectivity index (χ3n) is 2.43. The summed E-state index contributed by atoms with van der Waals surface area (Å²) in [7, 11) is 0. The quantitative estimate of drug-likeness (QED) is 0.682. The summed E-state index contributed by atoms with van der Waals surface area (Å²) < 4.78 is 5.19. The van der Waals surface area contributed by atoms with Crippen molar-refractivity contribution in [3.63, 3.8) is 0 Å². The molecule has 0 radical (unpaired) electrons. The van der Waals surface area contributed by atoms with Crippen LogP contribution in [0.5, 0.6) is 0 Å². The normalized spacial score (nSPS) is 19.8. The average Bonchev–Trinajstić information content (AvgIpc) is 2.28. The van der Waals surface area contributed by atoms with Crippen molar-refractivity contribution in [3.8, 4) is 12.3 Å². The van der Waals surface area contributed by atoms with Gasteiger partial charge >= 0.3 is 5.97 Å². The van der Waals surface area contributed by atoms with Gasteiger partial charge in [0.1, 0.15) is 6.54 Å². The van der Waals surface area contributed by atoms with Crippen LogP contribution < -0.4 is 0 Å². The van der Waals surface area contributed by atoms with Gasteiger partial charge in [0.15, 0.2) is 0 Å². The number of ether oxygens (including phenoxy) is 1. The highest BCUT2D eigenvalue weighted by atomic mass is 16.5. The molecule has 1 aliphatic heterocycles. The van der Waals surface area contributed by atoms with Gasteiger partial charge in [0.25, 0.3) is 0 Å². The Labute approximate surface area is 94.4 Å². The number of carbonyl (C=O) groups excluding carboxylic acids is 1. The Balaban J connectivity index is 2.58. The molecular formula is C11H15NO4. The van der Waals surface area contributed by atoms with Gasteiger partial charge in [0.05, 0.1) is 19.1 Å². The minimum Gasteiger partial charge on any atom is -0.480 e. The molecule has 5 heteroatoms. The summed E-state index contributed by atoms with van der Waals surface area (Å²) in [5, 5.41) is 8.66. The monoisotopic (exact) mass is 225 g/mol. The van der Waals surface area contributed by atoms with E-state index < -0.39 is 5.97 Å². The van der Waals surface area contributed by atoms with Crippen LogP contribution in [0.25, 0.3) is 0 Å². The Morgan fingerprint density at radius 3 is 2.81 bits per heavy atom. The number of terminal acetylenes is 1. The lowest BCUT2D eigenvalue weighted by Crippen LogP contribution is -2.42. The molecule has 1 heterocycles. The maximum absolute atomic E-state index is 11.9. The van der Waals surface area contributed by atoms with E-state index in [1.165, 1.54) is 4.90 Å². The third-order valence-corrected chi connectivity index (χ3v) is 2.43. The first-order chi connectivity index (χ1) is 7.65. The molecule has 0 aromatic carbocycles. The van der Waals surface area contributed by atoms with Crippen molar-refractivity contribution >= 4 is 11.9 Å². The molecule has 1 rings (SSSR count). The molecule has 1 aliphatic rings. The van der Waals surface area contributed by atoms with Crippen LogP contribution in [0.15, 0.2) is 0 Å². The smallest absolute Gasteiger partial charge is 0.323 e. The maximum atomic E-state index is 11.9. The summed E-state index contributed by atoms with van der Waals surface area (Å²) in [4.78, 5) is 23.7. The lowest BCUT2D eigenvalue weighted by Gasteiger charge is -2.26. The zero-order valence-corrected chi connectivity index (χ0v) is 9.02. The lowest BCUT2D eigenvalue weighted by molar-refractivity contribution is -0.147. The molecule has 0 aromatic heterocycles. The summed E-state index contributed by atoms with van der Waals surface area (Å²) in [6, 6.07) is 0. The first-order valence-corrected chi connectivity index (χ1v) is 5.17. The standard InChI is InChI=1S/C11H15NO4/c1-2-5-12(7-10(13)14)11(15)9-4-3-6-16-8-9/h1,9H,3-8H2,(H,13,14). The summed E-state index contributed by atoms with van der Waals surface area (Å²) in [6.45, 7) is 0.707. The van der Waals surface area contributed by atoms with E-state index in [0.717, 1.165) is 12.8 Å². The van der Waals surface area contributed by atoms with Crippen molar-refractivity contribution in [2.24, 2.45) is 5.92 Å².